The van der Waals surface area contributed by atoms with E-state index in [2.05, 4.69) is 44.1 Å². The van der Waals surface area contributed by atoms with Crippen LogP contribution in [0.5, 0.6) is 0 Å². The van der Waals surface area contributed by atoms with Crippen molar-refractivity contribution in [3.63, 3.8) is 0 Å². The first-order valence-corrected chi connectivity index (χ1v) is 5.00. The van der Waals surface area contributed by atoms with E-state index in [0.717, 1.165) is 25.1 Å². The van der Waals surface area contributed by atoms with Crippen molar-refractivity contribution in [1.82, 2.24) is 25.9 Å². The summed E-state index contributed by atoms with van der Waals surface area (Å²) in [7, 11) is 0. The van der Waals surface area contributed by atoms with E-state index in [4.69, 9.17) is 0 Å². The number of rotatable bonds is 1. The van der Waals surface area contributed by atoms with Crippen molar-refractivity contribution in [2.45, 2.75) is 13.0 Å². The minimum absolute atomic E-state index is 0.656. The zero-order valence-electron chi connectivity index (χ0n) is 8.20. The van der Waals surface area contributed by atoms with Crippen LogP contribution in [0.3, 0.4) is 0 Å². The molecular weight excluding hydrogens is 190 g/mol. The normalized spacial score (nSPS) is 14.9. The van der Waals surface area contributed by atoms with Gasteiger partial charge >= 0.3 is 0 Å². The molecule has 0 unspecified atom stereocenters. The summed E-state index contributed by atoms with van der Waals surface area (Å²) in [6.45, 7) is 2.00. The van der Waals surface area contributed by atoms with Gasteiger partial charge in [-0.3, -0.25) is 0 Å². The molecule has 1 aliphatic heterocycles. The Labute approximate surface area is 86.9 Å². The summed E-state index contributed by atoms with van der Waals surface area (Å²) in [4.78, 5) is 0. The third-order valence-electron chi connectivity index (χ3n) is 2.70. The molecule has 5 heteroatoms. The monoisotopic (exact) mass is 201 g/mol. The van der Waals surface area contributed by atoms with E-state index in [-0.39, 0.29) is 0 Å². The minimum Gasteiger partial charge on any atom is -0.312 e. The molecule has 2 heterocycles. The Kier molecular flexibility index (Phi) is 1.96. The maximum absolute atomic E-state index is 3.97. The van der Waals surface area contributed by atoms with E-state index in [1.165, 1.54) is 11.1 Å². The second-order valence-corrected chi connectivity index (χ2v) is 3.65. The molecule has 0 saturated heterocycles. The van der Waals surface area contributed by atoms with Crippen molar-refractivity contribution in [3.05, 3.63) is 29.3 Å². The SMILES string of the molecule is c1cc2c(cc1-c1nn[nH]n1)CNCC2. The average molecular weight is 201 g/mol. The molecule has 3 rings (SSSR count). The molecule has 0 fully saturated rings. The van der Waals surface area contributed by atoms with Crippen molar-refractivity contribution in [2.24, 2.45) is 0 Å². The predicted octanol–water partition coefficient (Wildman–Crippen LogP) is 0.512. The van der Waals surface area contributed by atoms with Gasteiger partial charge in [-0.25, -0.2) is 0 Å². The Morgan fingerprint density at radius 3 is 3.07 bits per heavy atom. The summed E-state index contributed by atoms with van der Waals surface area (Å²) < 4.78 is 0. The molecule has 0 atom stereocenters. The fourth-order valence-corrected chi connectivity index (χ4v) is 1.90. The van der Waals surface area contributed by atoms with Crippen molar-refractivity contribution in [1.29, 1.82) is 0 Å². The van der Waals surface area contributed by atoms with Crippen LogP contribution in [0.1, 0.15) is 11.1 Å². The van der Waals surface area contributed by atoms with E-state index in [1.54, 1.807) is 0 Å². The van der Waals surface area contributed by atoms with Gasteiger partial charge < -0.3 is 5.32 Å². The number of hydrogen-bond acceptors (Lipinski definition) is 4. The average Bonchev–Trinajstić information content (AvgIpc) is 2.82. The Bertz CT molecular complexity index is 463. The summed E-state index contributed by atoms with van der Waals surface area (Å²) >= 11 is 0. The van der Waals surface area contributed by atoms with Gasteiger partial charge in [0.2, 0.25) is 5.82 Å². The molecular formula is C10H11N5. The second-order valence-electron chi connectivity index (χ2n) is 3.65. The van der Waals surface area contributed by atoms with E-state index in [9.17, 15) is 0 Å². The molecule has 2 aromatic rings. The molecule has 76 valence electrons. The fourth-order valence-electron chi connectivity index (χ4n) is 1.90. The highest BCUT2D eigenvalue weighted by Crippen LogP contribution is 2.20. The summed E-state index contributed by atoms with van der Waals surface area (Å²) in [5, 5.41) is 17.3. The van der Waals surface area contributed by atoms with E-state index < -0.39 is 0 Å². The Morgan fingerprint density at radius 2 is 2.20 bits per heavy atom. The van der Waals surface area contributed by atoms with Gasteiger partial charge in [-0.1, -0.05) is 12.1 Å². The molecule has 15 heavy (non-hydrogen) atoms. The number of nitrogens with one attached hydrogen (secondary N) is 2. The maximum atomic E-state index is 3.97. The highest BCUT2D eigenvalue weighted by atomic mass is 15.5. The number of aromatic nitrogens is 4. The van der Waals surface area contributed by atoms with Crippen LogP contribution in [0, 0.1) is 0 Å². The highest BCUT2D eigenvalue weighted by molar-refractivity contribution is 5.56. The molecule has 1 aromatic heterocycles. The zero-order chi connectivity index (χ0) is 10.1. The van der Waals surface area contributed by atoms with Crippen LogP contribution >= 0.6 is 0 Å². The van der Waals surface area contributed by atoms with Crippen LogP contribution in [0.2, 0.25) is 0 Å². The maximum Gasteiger partial charge on any atom is 0.204 e. The van der Waals surface area contributed by atoms with Crippen molar-refractivity contribution >= 4 is 0 Å². The van der Waals surface area contributed by atoms with Crippen LogP contribution < -0.4 is 5.32 Å². The van der Waals surface area contributed by atoms with Crippen molar-refractivity contribution in [2.75, 3.05) is 6.54 Å². The Balaban J connectivity index is 2.04. The summed E-state index contributed by atoms with van der Waals surface area (Å²) in [5.41, 5.74) is 3.77. The lowest BCUT2D eigenvalue weighted by Gasteiger charge is -2.17. The number of fused-ring (bicyclic) bond motifs is 1. The largest absolute Gasteiger partial charge is 0.312 e. The lowest BCUT2D eigenvalue weighted by atomic mass is 9.98. The minimum atomic E-state index is 0.656. The van der Waals surface area contributed by atoms with Gasteiger partial charge in [-0.05, 0) is 35.4 Å². The first-order chi connectivity index (χ1) is 7.43. The molecule has 5 nitrogen and oxygen atoms in total. The van der Waals surface area contributed by atoms with Crippen LogP contribution in [0.4, 0.5) is 0 Å². The molecule has 0 aliphatic carbocycles. The summed E-state index contributed by atoms with van der Waals surface area (Å²) in [6, 6.07) is 6.34. The van der Waals surface area contributed by atoms with E-state index in [1.807, 2.05) is 0 Å². The number of H-pyrrole nitrogens is 1. The Hall–Kier alpha value is -1.75. The number of tetrazole rings is 1. The molecule has 0 saturated carbocycles. The molecule has 0 spiro atoms. The molecule has 1 aliphatic rings. The van der Waals surface area contributed by atoms with Gasteiger partial charge in [0.1, 0.15) is 0 Å². The standard InChI is InChI=1S/C10H11N5/c1-2-8(10-12-14-15-13-10)5-9-6-11-4-3-7(1)9/h1-2,5,11H,3-4,6H2,(H,12,13,14,15). The lowest BCUT2D eigenvalue weighted by Crippen LogP contribution is -2.23. The van der Waals surface area contributed by atoms with Crippen molar-refractivity contribution in [3.8, 4) is 11.4 Å². The summed E-state index contributed by atoms with van der Waals surface area (Å²) in [5.74, 6) is 0.656. The first kappa shape index (κ1) is 8.55. The van der Waals surface area contributed by atoms with Gasteiger partial charge in [-0.15, -0.1) is 10.2 Å². The third-order valence-corrected chi connectivity index (χ3v) is 2.70. The number of hydrogen-bond donors (Lipinski definition) is 2. The lowest BCUT2D eigenvalue weighted by molar-refractivity contribution is 0.644. The zero-order valence-corrected chi connectivity index (χ0v) is 8.20. The number of aromatic amines is 1. The predicted molar refractivity (Wildman–Crippen MR) is 55.0 cm³/mol. The first-order valence-electron chi connectivity index (χ1n) is 5.00. The van der Waals surface area contributed by atoms with E-state index in [0.29, 0.717) is 5.82 Å². The third kappa shape index (κ3) is 1.50. The number of nitrogens with zero attached hydrogens (tertiary/aromatic N) is 3. The van der Waals surface area contributed by atoms with Gasteiger partial charge in [0, 0.05) is 12.1 Å². The smallest absolute Gasteiger partial charge is 0.204 e. The van der Waals surface area contributed by atoms with Crippen LogP contribution in [0.15, 0.2) is 18.2 Å². The van der Waals surface area contributed by atoms with Gasteiger partial charge in [0.05, 0.1) is 0 Å². The van der Waals surface area contributed by atoms with Crippen LogP contribution in [-0.2, 0) is 13.0 Å². The van der Waals surface area contributed by atoms with Crippen LogP contribution in [-0.4, -0.2) is 27.2 Å². The molecule has 0 radical (unpaired) electrons. The molecule has 2 N–H and O–H groups in total. The Morgan fingerprint density at radius 1 is 1.20 bits per heavy atom. The molecule has 0 bridgehead atoms. The fraction of sp³-hybridized carbons (Fsp3) is 0.300. The van der Waals surface area contributed by atoms with Crippen LogP contribution in [0.25, 0.3) is 11.4 Å². The molecule has 1 aromatic carbocycles. The topological polar surface area (TPSA) is 66.5 Å². The summed E-state index contributed by atoms with van der Waals surface area (Å²) in [6.07, 6.45) is 1.10. The molecule has 0 amide bonds. The van der Waals surface area contributed by atoms with Crippen molar-refractivity contribution < 1.29 is 0 Å². The quantitative estimate of drug-likeness (QED) is 0.705. The number of benzene rings is 1. The van der Waals surface area contributed by atoms with E-state index >= 15 is 0 Å². The highest BCUT2D eigenvalue weighted by Gasteiger charge is 2.10. The second kappa shape index (κ2) is 3.43. The van der Waals surface area contributed by atoms with Gasteiger partial charge in [0.15, 0.2) is 0 Å². The van der Waals surface area contributed by atoms with Gasteiger partial charge in [-0.2, -0.15) is 5.21 Å². The van der Waals surface area contributed by atoms with Gasteiger partial charge in [0.25, 0.3) is 0 Å².